The number of nitrogens with two attached hydrogens (primary N) is 2. The van der Waals surface area contributed by atoms with Crippen LogP contribution in [0.25, 0.3) is 0 Å². The van der Waals surface area contributed by atoms with Crippen molar-refractivity contribution in [1.82, 2.24) is 19.9 Å². The molecule has 0 bridgehead atoms. The van der Waals surface area contributed by atoms with Gasteiger partial charge in [0.2, 0.25) is 12.2 Å². The van der Waals surface area contributed by atoms with Gasteiger partial charge < -0.3 is 41.4 Å². The number of H-pyrrole nitrogens is 2. The Bertz CT molecular complexity index is 1080. The van der Waals surface area contributed by atoms with Crippen LogP contribution in [0.1, 0.15) is 46.0 Å². The molecule has 6 atom stereocenters. The number of hydrogen-bond acceptors (Lipinski definition) is 12. The molecule has 2 fully saturated rings. The third-order valence-electron chi connectivity index (χ3n) is 5.24. The minimum atomic E-state index is -0.797. The van der Waals surface area contributed by atoms with Crippen LogP contribution in [-0.4, -0.2) is 78.0 Å². The Morgan fingerprint density at radius 3 is 1.97 bits per heavy atom. The molecule has 2 aliphatic rings. The van der Waals surface area contributed by atoms with E-state index in [0.29, 0.717) is 5.82 Å². The third kappa shape index (κ3) is 6.77. The van der Waals surface area contributed by atoms with Crippen molar-refractivity contribution in [3.8, 4) is 0 Å². The van der Waals surface area contributed by atoms with E-state index in [0.717, 1.165) is 0 Å². The van der Waals surface area contributed by atoms with Gasteiger partial charge in [0, 0.05) is 19.8 Å². The Morgan fingerprint density at radius 2 is 1.49 bits per heavy atom. The second-order valence-electron chi connectivity index (χ2n) is 7.54. The summed E-state index contributed by atoms with van der Waals surface area (Å²) in [5, 5.41) is 37.0. The van der Waals surface area contributed by atoms with E-state index in [9.17, 15) is 19.8 Å². The average Bonchev–Trinajstić information content (AvgIpc) is 3.29. The summed E-state index contributed by atoms with van der Waals surface area (Å²) in [5.74, 6) is 0.432. The van der Waals surface area contributed by atoms with E-state index in [4.69, 9.17) is 31.2 Å². The normalized spacial score (nSPS) is 27.3. The first-order chi connectivity index (χ1) is 15.6. The van der Waals surface area contributed by atoms with Crippen molar-refractivity contribution >= 4 is 11.9 Å². The Kier molecular flexibility index (Phi) is 10.8. The van der Waals surface area contributed by atoms with Crippen LogP contribution in [0.2, 0.25) is 0 Å². The maximum atomic E-state index is 11.7. The zero-order chi connectivity index (χ0) is 24.3. The number of aromatic nitrogens is 6. The number of aliphatic hydroxyl groups excluding tert-OH is 4. The molecule has 0 amide bonds. The highest BCUT2D eigenvalue weighted by molar-refractivity contribution is 5.10. The van der Waals surface area contributed by atoms with Crippen molar-refractivity contribution in [1.29, 1.82) is 0 Å². The predicted molar refractivity (Wildman–Crippen MR) is 120 cm³/mol. The van der Waals surface area contributed by atoms with Crippen molar-refractivity contribution in [2.75, 3.05) is 24.7 Å². The molecule has 0 aromatic carbocycles. The van der Waals surface area contributed by atoms with Crippen LogP contribution in [0, 0.1) is 6.92 Å². The van der Waals surface area contributed by atoms with Gasteiger partial charge in [-0.1, -0.05) is 24.8 Å². The van der Waals surface area contributed by atoms with Gasteiger partial charge in [-0.3, -0.25) is 0 Å². The number of nitrogens with zero attached hydrogens (tertiary/aromatic N) is 4. The van der Waals surface area contributed by atoms with Crippen molar-refractivity contribution in [2.24, 2.45) is 0 Å². The summed E-state index contributed by atoms with van der Waals surface area (Å²) < 4.78 is 13.1. The van der Waals surface area contributed by atoms with Crippen LogP contribution in [-0.2, 0) is 9.47 Å². The number of hydrogen-bond donors (Lipinski definition) is 8. The van der Waals surface area contributed by atoms with E-state index in [1.165, 1.54) is 15.5 Å². The van der Waals surface area contributed by atoms with E-state index in [1.807, 2.05) is 0 Å². The quantitative estimate of drug-likeness (QED) is 0.186. The molecule has 2 unspecified atom stereocenters. The SMILES string of the molecule is C.C.Cc1nc(N)[nH]c(=O)[n+]1[C@H]1CC(O)[C@@H](CO)O1.Nc1nc[n+]([C@H]2CC(O)[C@@H](CO)O2)c(=O)[nH]1. The van der Waals surface area contributed by atoms with Gasteiger partial charge in [-0.2, -0.15) is 19.1 Å². The van der Waals surface area contributed by atoms with Crippen LogP contribution in [0.5, 0.6) is 0 Å². The molecule has 0 saturated carbocycles. The zero-order valence-electron chi connectivity index (χ0n) is 17.7. The van der Waals surface area contributed by atoms with Gasteiger partial charge in [0.1, 0.15) is 12.2 Å². The lowest BCUT2D eigenvalue weighted by molar-refractivity contribution is -0.781. The van der Waals surface area contributed by atoms with E-state index in [2.05, 4.69) is 19.9 Å². The zero-order valence-corrected chi connectivity index (χ0v) is 17.7. The number of nitrogens with one attached hydrogen (secondary N) is 2. The standard InChI is InChI=1S/C9H14N4O4.C8H12N4O4.2CH4/c1-4-11-8(10)12-9(16)13(4)7-2-5(15)6(3-14)17-7;9-7-10-3-12(8(15)11-7)6-1-4(14)5(2-13)16-6;;/h5-7,14-15H,2-3H2,1H3,(H2,10,12,16);3-6,13-14H,1-2H2,(H2,9,11,15);2*1H4/p+2/t5?,6-,7-;4?,5-,6-;;/m11../s1. The van der Waals surface area contributed by atoms with Crippen LogP contribution in [0.3, 0.4) is 0 Å². The molecule has 16 heteroatoms. The largest absolute Gasteiger partial charge is 0.446 e. The molecule has 0 spiro atoms. The summed E-state index contributed by atoms with van der Waals surface area (Å²) >= 11 is 0. The number of aryl methyl sites for hydroxylation is 1. The van der Waals surface area contributed by atoms with Gasteiger partial charge in [0.15, 0.2) is 12.5 Å². The van der Waals surface area contributed by atoms with Gasteiger partial charge >= 0.3 is 23.3 Å². The first-order valence-electron chi connectivity index (χ1n) is 10.1. The Balaban J connectivity index is 0.000000332. The van der Waals surface area contributed by atoms with Gasteiger partial charge in [-0.05, 0) is 0 Å². The second-order valence-corrected chi connectivity index (χ2v) is 7.54. The lowest BCUT2D eigenvalue weighted by Crippen LogP contribution is -2.57. The van der Waals surface area contributed by atoms with E-state index in [1.54, 1.807) is 6.92 Å². The molecule has 2 saturated heterocycles. The fraction of sp³-hybridized carbons (Fsp3) is 0.684. The highest BCUT2D eigenvalue weighted by atomic mass is 16.5. The fourth-order valence-corrected chi connectivity index (χ4v) is 3.59. The van der Waals surface area contributed by atoms with Crippen molar-refractivity contribution in [3.63, 3.8) is 0 Å². The molecule has 10 N–H and O–H groups in total. The van der Waals surface area contributed by atoms with Crippen LogP contribution >= 0.6 is 0 Å². The smallest absolute Gasteiger partial charge is 0.394 e. The van der Waals surface area contributed by atoms with Crippen molar-refractivity contribution in [2.45, 2.75) is 71.5 Å². The molecule has 35 heavy (non-hydrogen) atoms. The Hall–Kier alpha value is -3.02. The molecule has 4 rings (SSSR count). The predicted octanol–water partition coefficient (Wildman–Crippen LogP) is -3.86. The summed E-state index contributed by atoms with van der Waals surface area (Å²) in [4.78, 5) is 35.5. The molecular weight excluding hydrogens is 468 g/mol. The number of ether oxygens (including phenoxy) is 2. The fourth-order valence-electron chi connectivity index (χ4n) is 3.59. The molecular formula is C19H36N8O8+2. The highest BCUT2D eigenvalue weighted by Gasteiger charge is 2.39. The molecule has 198 valence electrons. The molecule has 2 aromatic rings. The summed E-state index contributed by atoms with van der Waals surface area (Å²) in [6.07, 6.45) is -2.52. The summed E-state index contributed by atoms with van der Waals surface area (Å²) in [6.45, 7) is 1.03. The number of aromatic amines is 2. The van der Waals surface area contributed by atoms with Crippen molar-refractivity contribution < 1.29 is 39.0 Å². The maximum Gasteiger partial charge on any atom is 0.446 e. The minimum Gasteiger partial charge on any atom is -0.394 e. The summed E-state index contributed by atoms with van der Waals surface area (Å²) in [6, 6.07) is 0. The van der Waals surface area contributed by atoms with Crippen LogP contribution < -0.4 is 32.0 Å². The first-order valence-corrected chi connectivity index (χ1v) is 10.1. The molecule has 2 aromatic heterocycles. The first kappa shape index (κ1) is 30.0. The topological polar surface area (TPSA) is 251 Å². The van der Waals surface area contributed by atoms with Gasteiger partial charge in [-0.15, -0.1) is 0 Å². The summed E-state index contributed by atoms with van der Waals surface area (Å²) in [7, 11) is 0. The van der Waals surface area contributed by atoms with Crippen LogP contribution in [0.15, 0.2) is 15.9 Å². The van der Waals surface area contributed by atoms with E-state index in [-0.39, 0.29) is 52.8 Å². The number of anilines is 2. The van der Waals surface area contributed by atoms with Crippen LogP contribution in [0.4, 0.5) is 11.9 Å². The number of nitrogen functional groups attached to an aromatic ring is 2. The number of rotatable bonds is 4. The average molecular weight is 505 g/mol. The minimum absolute atomic E-state index is 0. The number of aliphatic hydroxyl groups is 4. The highest BCUT2D eigenvalue weighted by Crippen LogP contribution is 2.24. The molecule has 2 aliphatic heterocycles. The van der Waals surface area contributed by atoms with Gasteiger partial charge in [0.25, 0.3) is 0 Å². The lowest BCUT2D eigenvalue weighted by atomic mass is 10.2. The van der Waals surface area contributed by atoms with Gasteiger partial charge in [0.05, 0.1) is 25.4 Å². The van der Waals surface area contributed by atoms with Gasteiger partial charge in [-0.25, -0.2) is 9.59 Å². The van der Waals surface area contributed by atoms with Crippen molar-refractivity contribution in [3.05, 3.63) is 33.1 Å². The lowest BCUT2D eigenvalue weighted by Gasteiger charge is -2.11. The molecule has 16 nitrogen and oxygen atoms in total. The van der Waals surface area contributed by atoms with E-state index >= 15 is 0 Å². The van der Waals surface area contributed by atoms with E-state index < -0.39 is 48.3 Å². The molecule has 4 heterocycles. The molecule has 0 aliphatic carbocycles. The Morgan fingerprint density at radius 1 is 0.971 bits per heavy atom. The summed E-state index contributed by atoms with van der Waals surface area (Å²) in [5.41, 5.74) is 9.77. The Labute approximate surface area is 200 Å². The molecule has 0 radical (unpaired) electrons. The second kappa shape index (κ2) is 12.6. The maximum absolute atomic E-state index is 11.7. The third-order valence-corrected chi connectivity index (χ3v) is 5.24. The monoisotopic (exact) mass is 504 g/mol.